The summed E-state index contributed by atoms with van der Waals surface area (Å²) in [5.41, 5.74) is 13.2. The maximum Gasteiger partial charge on any atom is 0.163 e. The molecule has 0 aliphatic heterocycles. The Kier molecular flexibility index (Phi) is 7.46. The van der Waals surface area contributed by atoms with Crippen LogP contribution in [0.1, 0.15) is 0 Å². The maximum atomic E-state index is 5.40. The lowest BCUT2D eigenvalue weighted by Crippen LogP contribution is -2.03. The van der Waals surface area contributed by atoms with Crippen LogP contribution in [0.25, 0.3) is 100 Å². The monoisotopic (exact) mass is 714 g/mol. The molecule has 11 rings (SSSR count). The van der Waals surface area contributed by atoms with Gasteiger partial charge >= 0.3 is 0 Å². The molecule has 0 atom stereocenters. The fourth-order valence-electron chi connectivity index (χ4n) is 8.32. The highest BCUT2D eigenvalue weighted by atomic mass is 15.1. The minimum Gasteiger partial charge on any atom is -0.309 e. The summed E-state index contributed by atoms with van der Waals surface area (Å²) in [6, 6.07) is 73.3. The topological polar surface area (TPSA) is 35.1 Å². The summed E-state index contributed by atoms with van der Waals surface area (Å²) in [6.45, 7) is 0. The van der Waals surface area contributed by atoms with Gasteiger partial charge in [0.05, 0.1) is 16.7 Å². The zero-order chi connectivity index (χ0) is 37.0. The van der Waals surface area contributed by atoms with Crippen LogP contribution in [0.2, 0.25) is 0 Å². The Morgan fingerprint density at radius 2 is 0.821 bits per heavy atom. The number of rotatable bonds is 6. The molecule has 0 fully saturated rings. The summed E-state index contributed by atoms with van der Waals surface area (Å²) in [5.74, 6) is 1.53. The number of hydrogen-bond donors (Lipinski definition) is 0. The van der Waals surface area contributed by atoms with Crippen molar-refractivity contribution in [2.45, 2.75) is 0 Å². The standard InChI is InChI=1S/C52H34N4/c1-5-16-35(17-6-1)39-28-30-47-45(33-39)46-34-40(36-18-7-2-8-19-36)29-31-48(46)55(47)42-25-15-24-41(32-42)51-53-50(38-22-11-4-12-23-38)54-52-44-27-14-13-26-43(44)49(56(51)52)37-20-9-3-10-21-37/h1-34H. The van der Waals surface area contributed by atoms with Gasteiger partial charge in [-0.3, -0.25) is 4.40 Å². The van der Waals surface area contributed by atoms with E-state index in [0.717, 1.165) is 61.3 Å². The van der Waals surface area contributed by atoms with Crippen LogP contribution in [0.15, 0.2) is 206 Å². The highest BCUT2D eigenvalue weighted by molar-refractivity contribution is 6.12. The largest absolute Gasteiger partial charge is 0.309 e. The smallest absolute Gasteiger partial charge is 0.163 e. The lowest BCUT2D eigenvalue weighted by Gasteiger charge is -2.14. The summed E-state index contributed by atoms with van der Waals surface area (Å²) in [5, 5.41) is 4.65. The summed E-state index contributed by atoms with van der Waals surface area (Å²) in [4.78, 5) is 10.7. The first-order valence-corrected chi connectivity index (χ1v) is 19.0. The van der Waals surface area contributed by atoms with Gasteiger partial charge in [-0.15, -0.1) is 0 Å². The molecule has 56 heavy (non-hydrogen) atoms. The van der Waals surface area contributed by atoms with Gasteiger partial charge in [-0.1, -0.05) is 170 Å². The Morgan fingerprint density at radius 1 is 0.321 bits per heavy atom. The molecule has 0 saturated heterocycles. The molecule has 4 heteroatoms. The third-order valence-electron chi connectivity index (χ3n) is 10.9. The quantitative estimate of drug-likeness (QED) is 0.172. The second-order valence-corrected chi connectivity index (χ2v) is 14.2. The first-order valence-electron chi connectivity index (χ1n) is 19.0. The average Bonchev–Trinajstić information content (AvgIpc) is 3.79. The number of benzene rings is 8. The van der Waals surface area contributed by atoms with Crippen LogP contribution >= 0.6 is 0 Å². The minimum absolute atomic E-state index is 0.695. The molecule has 0 aliphatic rings. The molecular weight excluding hydrogens is 681 g/mol. The molecule has 11 aromatic rings. The van der Waals surface area contributed by atoms with Gasteiger partial charge in [-0.25, -0.2) is 9.97 Å². The van der Waals surface area contributed by atoms with Crippen molar-refractivity contribution in [2.75, 3.05) is 0 Å². The van der Waals surface area contributed by atoms with Crippen LogP contribution in [-0.2, 0) is 0 Å². The normalized spacial score (nSPS) is 11.6. The van der Waals surface area contributed by atoms with Crippen LogP contribution < -0.4 is 0 Å². The van der Waals surface area contributed by atoms with Crippen molar-refractivity contribution >= 4 is 38.2 Å². The summed E-state index contributed by atoms with van der Waals surface area (Å²) in [7, 11) is 0. The molecular formula is C52H34N4. The number of nitrogens with zero attached hydrogens (tertiary/aromatic N) is 4. The van der Waals surface area contributed by atoms with E-state index >= 15 is 0 Å². The maximum absolute atomic E-state index is 5.40. The van der Waals surface area contributed by atoms with Crippen molar-refractivity contribution in [1.82, 2.24) is 18.9 Å². The Bertz CT molecular complexity index is 3120. The van der Waals surface area contributed by atoms with Crippen LogP contribution in [0.3, 0.4) is 0 Å². The molecule has 262 valence electrons. The molecule has 0 N–H and O–H groups in total. The van der Waals surface area contributed by atoms with Gasteiger partial charge in [0, 0.05) is 38.4 Å². The van der Waals surface area contributed by atoms with Crippen molar-refractivity contribution in [3.63, 3.8) is 0 Å². The summed E-state index contributed by atoms with van der Waals surface area (Å²) >= 11 is 0. The number of aromatic nitrogens is 4. The first kappa shape index (κ1) is 31.9. The lowest BCUT2D eigenvalue weighted by atomic mass is 10.0. The van der Waals surface area contributed by atoms with E-state index in [1.807, 2.05) is 18.2 Å². The fourth-order valence-corrected chi connectivity index (χ4v) is 8.32. The van der Waals surface area contributed by atoms with Crippen molar-refractivity contribution in [3.05, 3.63) is 206 Å². The summed E-state index contributed by atoms with van der Waals surface area (Å²) < 4.78 is 4.66. The van der Waals surface area contributed by atoms with Crippen LogP contribution in [0.5, 0.6) is 0 Å². The van der Waals surface area contributed by atoms with E-state index < -0.39 is 0 Å². The molecule has 0 unspecified atom stereocenters. The lowest BCUT2D eigenvalue weighted by molar-refractivity contribution is 1.05. The predicted octanol–water partition coefficient (Wildman–Crippen LogP) is 13.3. The van der Waals surface area contributed by atoms with Crippen molar-refractivity contribution in [3.8, 4) is 62.0 Å². The van der Waals surface area contributed by atoms with E-state index in [9.17, 15) is 0 Å². The zero-order valence-corrected chi connectivity index (χ0v) is 30.4. The van der Waals surface area contributed by atoms with Gasteiger partial charge < -0.3 is 4.57 Å². The van der Waals surface area contributed by atoms with Crippen molar-refractivity contribution < 1.29 is 0 Å². The molecule has 3 aromatic heterocycles. The first-order chi connectivity index (χ1) is 27.8. The highest BCUT2D eigenvalue weighted by Crippen LogP contribution is 2.40. The van der Waals surface area contributed by atoms with Gasteiger partial charge in [0.25, 0.3) is 0 Å². The molecule has 0 amide bonds. The van der Waals surface area contributed by atoms with Crippen LogP contribution in [0.4, 0.5) is 0 Å². The molecule has 0 saturated carbocycles. The molecule has 0 spiro atoms. The van der Waals surface area contributed by atoms with E-state index in [0.29, 0.717) is 5.82 Å². The third-order valence-corrected chi connectivity index (χ3v) is 10.9. The van der Waals surface area contributed by atoms with Crippen molar-refractivity contribution in [2.24, 2.45) is 0 Å². The van der Waals surface area contributed by atoms with Gasteiger partial charge in [-0.2, -0.15) is 0 Å². The Hall–Kier alpha value is -7.56. The van der Waals surface area contributed by atoms with Gasteiger partial charge in [0.1, 0.15) is 11.5 Å². The SMILES string of the molecule is c1ccc(-c2ccc3c(c2)c2cc(-c4ccccc4)ccc2n3-c2cccc(-c3nc(-c4ccccc4)nc4c5ccccc5c(-c5ccccc5)n34)c2)cc1. The predicted molar refractivity (Wildman–Crippen MR) is 232 cm³/mol. The Balaban J connectivity index is 1.18. The molecule has 0 bridgehead atoms. The van der Waals surface area contributed by atoms with Crippen LogP contribution in [-0.4, -0.2) is 18.9 Å². The Labute approximate surface area is 324 Å². The molecule has 3 heterocycles. The van der Waals surface area contributed by atoms with Gasteiger partial charge in [0.15, 0.2) is 5.82 Å². The van der Waals surface area contributed by atoms with Gasteiger partial charge in [0.2, 0.25) is 0 Å². The number of hydrogen-bond acceptors (Lipinski definition) is 2. The molecule has 0 aliphatic carbocycles. The third kappa shape index (κ3) is 5.23. The summed E-state index contributed by atoms with van der Waals surface area (Å²) in [6.07, 6.45) is 0. The van der Waals surface area contributed by atoms with E-state index in [2.05, 4.69) is 197 Å². The second-order valence-electron chi connectivity index (χ2n) is 14.2. The van der Waals surface area contributed by atoms with E-state index in [1.54, 1.807) is 0 Å². The molecule has 0 radical (unpaired) electrons. The van der Waals surface area contributed by atoms with E-state index in [-0.39, 0.29) is 0 Å². The van der Waals surface area contributed by atoms with E-state index in [4.69, 9.17) is 9.97 Å². The van der Waals surface area contributed by atoms with Gasteiger partial charge in [-0.05, 0) is 64.2 Å². The highest BCUT2D eigenvalue weighted by Gasteiger charge is 2.22. The number of fused-ring (bicyclic) bond motifs is 6. The fraction of sp³-hybridized carbons (Fsp3) is 0. The van der Waals surface area contributed by atoms with Crippen LogP contribution in [0, 0.1) is 0 Å². The molecule has 4 nitrogen and oxygen atoms in total. The Morgan fingerprint density at radius 3 is 1.41 bits per heavy atom. The minimum atomic E-state index is 0.695. The van der Waals surface area contributed by atoms with Crippen molar-refractivity contribution in [1.29, 1.82) is 0 Å². The molecule has 8 aromatic carbocycles. The van der Waals surface area contributed by atoms with E-state index in [1.165, 1.54) is 33.0 Å². The average molecular weight is 715 g/mol. The zero-order valence-electron chi connectivity index (χ0n) is 30.4. The second kappa shape index (κ2) is 13.1.